The van der Waals surface area contributed by atoms with Crippen LogP contribution in [-0.2, 0) is 19.1 Å². The van der Waals surface area contributed by atoms with Crippen molar-refractivity contribution in [2.75, 3.05) is 6.54 Å². The summed E-state index contributed by atoms with van der Waals surface area (Å²) in [6.07, 6.45) is 1.72. The van der Waals surface area contributed by atoms with Crippen LogP contribution >= 0.6 is 0 Å². The van der Waals surface area contributed by atoms with Crippen LogP contribution in [0.25, 0.3) is 0 Å². The van der Waals surface area contributed by atoms with E-state index in [1.165, 1.54) is 4.90 Å². The molecule has 1 aliphatic heterocycles. The first kappa shape index (κ1) is 14.8. The molecule has 2 rings (SSSR count). The van der Waals surface area contributed by atoms with E-state index in [9.17, 15) is 14.4 Å². The van der Waals surface area contributed by atoms with Crippen LogP contribution in [0.3, 0.4) is 0 Å². The van der Waals surface area contributed by atoms with Gasteiger partial charge < -0.3 is 14.7 Å². The van der Waals surface area contributed by atoms with Crippen molar-refractivity contribution >= 4 is 17.8 Å². The summed E-state index contributed by atoms with van der Waals surface area (Å²) in [6, 6.07) is -0.559. The van der Waals surface area contributed by atoms with Gasteiger partial charge in [-0.3, -0.25) is 9.59 Å². The molecule has 1 amide bonds. The van der Waals surface area contributed by atoms with E-state index in [0.29, 0.717) is 19.4 Å². The molecule has 0 aromatic rings. The van der Waals surface area contributed by atoms with Crippen LogP contribution in [0.4, 0.5) is 0 Å². The Morgan fingerprint density at radius 3 is 2.35 bits per heavy atom. The second kappa shape index (κ2) is 5.07. The van der Waals surface area contributed by atoms with Gasteiger partial charge >= 0.3 is 11.9 Å². The Balaban J connectivity index is 1.99. The summed E-state index contributed by atoms with van der Waals surface area (Å²) in [7, 11) is 0. The number of rotatable bonds is 3. The molecule has 0 radical (unpaired) electrons. The number of likely N-dealkylation sites (tertiary alicyclic amines) is 1. The Morgan fingerprint density at radius 2 is 1.85 bits per heavy atom. The maximum atomic E-state index is 12.3. The Labute approximate surface area is 118 Å². The van der Waals surface area contributed by atoms with Crippen LogP contribution in [0.2, 0.25) is 0 Å². The fourth-order valence-corrected chi connectivity index (χ4v) is 2.60. The van der Waals surface area contributed by atoms with Gasteiger partial charge in [0.2, 0.25) is 5.91 Å². The van der Waals surface area contributed by atoms with Crippen molar-refractivity contribution in [3.63, 3.8) is 0 Å². The van der Waals surface area contributed by atoms with E-state index in [0.717, 1.165) is 6.42 Å². The zero-order valence-electron chi connectivity index (χ0n) is 12.1. The second-order valence-electron chi connectivity index (χ2n) is 6.51. The molecule has 6 heteroatoms. The summed E-state index contributed by atoms with van der Waals surface area (Å²) in [5.41, 5.74) is -0.586. The van der Waals surface area contributed by atoms with Gasteiger partial charge in [-0.05, 0) is 40.0 Å². The molecule has 0 spiro atoms. The van der Waals surface area contributed by atoms with Crippen LogP contribution < -0.4 is 0 Å². The minimum absolute atomic E-state index is 0.217. The van der Waals surface area contributed by atoms with Gasteiger partial charge in [-0.2, -0.15) is 0 Å². The quantitative estimate of drug-likeness (QED) is 0.782. The van der Waals surface area contributed by atoms with Crippen LogP contribution in [0.1, 0.15) is 40.0 Å². The van der Waals surface area contributed by atoms with E-state index in [1.54, 1.807) is 20.8 Å². The molecule has 1 aliphatic carbocycles. The Morgan fingerprint density at radius 1 is 1.20 bits per heavy atom. The molecule has 6 nitrogen and oxygen atoms in total. The van der Waals surface area contributed by atoms with E-state index >= 15 is 0 Å². The molecule has 0 aromatic carbocycles. The van der Waals surface area contributed by atoms with Crippen molar-refractivity contribution in [2.45, 2.75) is 51.7 Å². The number of aliphatic carboxylic acids is 1. The van der Waals surface area contributed by atoms with Gasteiger partial charge in [-0.1, -0.05) is 0 Å². The molecular formula is C14H21NO5. The molecule has 2 fully saturated rings. The number of carboxylic acids is 1. The molecule has 3 unspecified atom stereocenters. The van der Waals surface area contributed by atoms with E-state index in [1.807, 2.05) is 0 Å². The number of ether oxygens (including phenoxy) is 1. The summed E-state index contributed by atoms with van der Waals surface area (Å²) in [5.74, 6) is -2.59. The largest absolute Gasteiger partial charge is 0.481 e. The Bertz CT molecular complexity index is 439. The van der Waals surface area contributed by atoms with Crippen molar-refractivity contribution in [3.8, 4) is 0 Å². The van der Waals surface area contributed by atoms with E-state index in [4.69, 9.17) is 9.84 Å². The van der Waals surface area contributed by atoms with Gasteiger partial charge in [0.05, 0.1) is 11.8 Å². The minimum atomic E-state index is -0.934. The maximum Gasteiger partial charge on any atom is 0.329 e. The highest BCUT2D eigenvalue weighted by Crippen LogP contribution is 2.41. The zero-order chi connectivity index (χ0) is 15.1. The highest BCUT2D eigenvalue weighted by molar-refractivity contribution is 5.92. The molecule has 1 saturated carbocycles. The normalized spacial score (nSPS) is 29.1. The van der Waals surface area contributed by atoms with Gasteiger partial charge in [-0.25, -0.2) is 4.79 Å². The molecule has 1 heterocycles. The number of carboxylic acid groups (broad SMARTS) is 1. The van der Waals surface area contributed by atoms with E-state index < -0.39 is 35.4 Å². The Kier molecular flexibility index (Phi) is 3.75. The predicted octanol–water partition coefficient (Wildman–Crippen LogP) is 1.04. The van der Waals surface area contributed by atoms with E-state index in [-0.39, 0.29) is 5.91 Å². The third kappa shape index (κ3) is 3.11. The van der Waals surface area contributed by atoms with Gasteiger partial charge in [0, 0.05) is 6.54 Å². The molecule has 1 saturated heterocycles. The SMILES string of the molecule is CC(C)(C)OC(=O)C1CCCN1C(=O)C1CC1C(=O)O. The average Bonchev–Trinajstić information content (AvgIpc) is 2.95. The number of esters is 1. The summed E-state index contributed by atoms with van der Waals surface area (Å²) < 4.78 is 5.33. The summed E-state index contributed by atoms with van der Waals surface area (Å²) in [6.45, 7) is 5.86. The predicted molar refractivity (Wildman–Crippen MR) is 69.8 cm³/mol. The van der Waals surface area contributed by atoms with Crippen LogP contribution in [0, 0.1) is 11.8 Å². The lowest BCUT2D eigenvalue weighted by Crippen LogP contribution is -2.44. The van der Waals surface area contributed by atoms with Crippen LogP contribution in [-0.4, -0.2) is 46.0 Å². The highest BCUT2D eigenvalue weighted by Gasteiger charge is 2.52. The van der Waals surface area contributed by atoms with Crippen LogP contribution in [0.5, 0.6) is 0 Å². The number of carbonyl (C=O) groups excluding carboxylic acids is 2. The number of hydrogen-bond donors (Lipinski definition) is 1. The van der Waals surface area contributed by atoms with Crippen molar-refractivity contribution in [2.24, 2.45) is 11.8 Å². The fourth-order valence-electron chi connectivity index (χ4n) is 2.60. The summed E-state index contributed by atoms with van der Waals surface area (Å²) in [5, 5.41) is 8.88. The summed E-state index contributed by atoms with van der Waals surface area (Å²) in [4.78, 5) is 36.7. The first-order chi connectivity index (χ1) is 9.20. The first-order valence-corrected chi connectivity index (χ1v) is 6.97. The summed E-state index contributed by atoms with van der Waals surface area (Å²) >= 11 is 0. The lowest BCUT2D eigenvalue weighted by atomic mass is 10.1. The number of hydrogen-bond acceptors (Lipinski definition) is 4. The highest BCUT2D eigenvalue weighted by atomic mass is 16.6. The standard InChI is InChI=1S/C14H21NO5/c1-14(2,3)20-13(19)10-5-4-6-15(10)11(16)8-7-9(8)12(17)18/h8-10H,4-7H2,1-3H3,(H,17,18). The smallest absolute Gasteiger partial charge is 0.329 e. The zero-order valence-corrected chi connectivity index (χ0v) is 12.1. The molecule has 0 bridgehead atoms. The van der Waals surface area contributed by atoms with Crippen molar-refractivity contribution in [1.82, 2.24) is 4.90 Å². The first-order valence-electron chi connectivity index (χ1n) is 6.97. The number of carbonyl (C=O) groups is 3. The minimum Gasteiger partial charge on any atom is -0.481 e. The number of amides is 1. The second-order valence-corrected chi connectivity index (χ2v) is 6.51. The van der Waals surface area contributed by atoms with Crippen molar-refractivity contribution < 1.29 is 24.2 Å². The molecule has 2 aliphatic rings. The van der Waals surface area contributed by atoms with Gasteiger partial charge in [-0.15, -0.1) is 0 Å². The van der Waals surface area contributed by atoms with E-state index in [2.05, 4.69) is 0 Å². The average molecular weight is 283 g/mol. The molecule has 20 heavy (non-hydrogen) atoms. The Hall–Kier alpha value is -1.59. The topological polar surface area (TPSA) is 83.9 Å². The lowest BCUT2D eigenvalue weighted by Gasteiger charge is -2.27. The monoisotopic (exact) mass is 283 g/mol. The van der Waals surface area contributed by atoms with Crippen molar-refractivity contribution in [1.29, 1.82) is 0 Å². The van der Waals surface area contributed by atoms with Crippen molar-refractivity contribution in [3.05, 3.63) is 0 Å². The molecular weight excluding hydrogens is 262 g/mol. The van der Waals surface area contributed by atoms with Crippen LogP contribution in [0.15, 0.2) is 0 Å². The fraction of sp³-hybridized carbons (Fsp3) is 0.786. The maximum absolute atomic E-state index is 12.3. The van der Waals surface area contributed by atoms with Gasteiger partial charge in [0.15, 0.2) is 0 Å². The van der Waals surface area contributed by atoms with Gasteiger partial charge in [0.1, 0.15) is 11.6 Å². The lowest BCUT2D eigenvalue weighted by molar-refractivity contribution is -0.163. The molecule has 0 aromatic heterocycles. The molecule has 3 atom stereocenters. The number of nitrogens with zero attached hydrogens (tertiary/aromatic N) is 1. The van der Waals surface area contributed by atoms with Gasteiger partial charge in [0.25, 0.3) is 0 Å². The molecule has 1 N–H and O–H groups in total. The molecule has 112 valence electrons. The third-order valence-electron chi connectivity index (χ3n) is 3.64. The third-order valence-corrected chi connectivity index (χ3v) is 3.64.